The summed E-state index contributed by atoms with van der Waals surface area (Å²) in [6.45, 7) is 2.94. The molecule has 1 aliphatic heterocycles. The van der Waals surface area contributed by atoms with Crippen LogP contribution >= 0.6 is 0 Å². The van der Waals surface area contributed by atoms with Crippen molar-refractivity contribution in [3.05, 3.63) is 106 Å². The van der Waals surface area contributed by atoms with Crippen molar-refractivity contribution >= 4 is 12.0 Å². The van der Waals surface area contributed by atoms with Gasteiger partial charge in [-0.25, -0.2) is 9.18 Å². The van der Waals surface area contributed by atoms with E-state index >= 15 is 0 Å². The number of benzene rings is 3. The first-order chi connectivity index (χ1) is 22.0. The first kappa shape index (κ1) is 34.2. The van der Waals surface area contributed by atoms with Crippen molar-refractivity contribution in [1.82, 2.24) is 10.6 Å². The summed E-state index contributed by atoms with van der Waals surface area (Å²) in [5, 5.41) is 5.59. The summed E-state index contributed by atoms with van der Waals surface area (Å²) >= 11 is 0. The number of hydrogen-bond donors (Lipinski definition) is 2. The van der Waals surface area contributed by atoms with Crippen LogP contribution in [0.1, 0.15) is 72.9 Å². The highest BCUT2D eigenvalue weighted by molar-refractivity contribution is 5.91. The molecule has 0 spiro atoms. The predicted octanol–water partition coefficient (Wildman–Crippen LogP) is 8.08. The maximum Gasteiger partial charge on any atom is 0.416 e. The Hall–Kier alpha value is -4.13. The van der Waals surface area contributed by atoms with Gasteiger partial charge < -0.3 is 20.1 Å². The monoisotopic (exact) mass is 666 g/mol. The number of alkyl carbamates (subject to hydrolysis) is 1. The van der Waals surface area contributed by atoms with E-state index in [4.69, 9.17) is 9.47 Å². The lowest BCUT2D eigenvalue weighted by Gasteiger charge is -2.31. The van der Waals surface area contributed by atoms with Crippen LogP contribution in [0.2, 0.25) is 0 Å². The molecule has 252 valence electrons. The molecule has 1 heterocycles. The summed E-state index contributed by atoms with van der Waals surface area (Å²) in [6.07, 6.45) is -11.7. The lowest BCUT2D eigenvalue weighted by atomic mass is 9.80. The lowest BCUT2D eigenvalue weighted by molar-refractivity contribution is -0.143. The molecule has 6 nitrogen and oxygen atoms in total. The third kappa shape index (κ3) is 7.89. The van der Waals surface area contributed by atoms with Crippen LogP contribution in [0.15, 0.2) is 72.8 Å². The highest BCUT2D eigenvalue weighted by atomic mass is 19.4. The summed E-state index contributed by atoms with van der Waals surface area (Å²) in [5.41, 5.74) is -3.13. The van der Waals surface area contributed by atoms with Crippen LogP contribution in [0, 0.1) is 11.7 Å². The van der Waals surface area contributed by atoms with Crippen LogP contribution in [-0.2, 0) is 33.2 Å². The Labute approximate surface area is 266 Å². The largest absolute Gasteiger partial charge is 0.445 e. The summed E-state index contributed by atoms with van der Waals surface area (Å²) in [5.74, 6) is -1.78. The van der Waals surface area contributed by atoms with Gasteiger partial charge >= 0.3 is 18.4 Å². The third-order valence-corrected chi connectivity index (χ3v) is 8.91. The molecule has 2 fully saturated rings. The number of nitrogens with one attached hydrogen (secondary N) is 2. The van der Waals surface area contributed by atoms with E-state index in [1.807, 2.05) is 6.07 Å². The second-order valence-corrected chi connectivity index (χ2v) is 12.3. The number of halogens is 7. The molecule has 0 unspecified atom stereocenters. The Morgan fingerprint density at radius 1 is 0.957 bits per heavy atom. The van der Waals surface area contributed by atoms with E-state index in [-0.39, 0.29) is 30.6 Å². The smallest absolute Gasteiger partial charge is 0.416 e. The van der Waals surface area contributed by atoms with Crippen LogP contribution in [0.4, 0.5) is 35.5 Å². The Balaban J connectivity index is 1.35. The van der Waals surface area contributed by atoms with Crippen molar-refractivity contribution in [3.63, 3.8) is 0 Å². The molecule has 0 radical (unpaired) electrons. The second-order valence-electron chi connectivity index (χ2n) is 12.3. The normalized spacial score (nSPS) is 25.3. The fourth-order valence-electron chi connectivity index (χ4n) is 6.56. The minimum Gasteiger partial charge on any atom is -0.445 e. The molecule has 5 rings (SSSR count). The van der Waals surface area contributed by atoms with Crippen LogP contribution in [0.25, 0.3) is 0 Å². The van der Waals surface area contributed by atoms with Gasteiger partial charge in [0.15, 0.2) is 0 Å². The topological polar surface area (TPSA) is 76.7 Å². The number of rotatable bonds is 8. The van der Waals surface area contributed by atoms with Crippen molar-refractivity contribution in [2.45, 2.75) is 81.8 Å². The average molecular weight is 667 g/mol. The predicted molar refractivity (Wildman–Crippen MR) is 156 cm³/mol. The van der Waals surface area contributed by atoms with Gasteiger partial charge in [0, 0.05) is 12.0 Å². The minimum atomic E-state index is -5.01. The summed E-state index contributed by atoms with van der Waals surface area (Å²) in [6, 6.07) is 15.4. The SMILES string of the molecule is C[C@@H](O[C@H]1CC[C@@H]([C@H]2C[C@](C)(NC(=O)OCc3ccccc3)C(=O)N2)[C@@H]1c1ccc(F)cc1)c1cc(C(F)(F)F)cc(C(F)(F)F)c1. The molecule has 1 aliphatic carbocycles. The van der Waals surface area contributed by atoms with E-state index in [0.717, 1.165) is 5.56 Å². The zero-order chi connectivity index (χ0) is 34.1. The maximum absolute atomic E-state index is 13.9. The molecule has 2 N–H and O–H groups in total. The zero-order valence-corrected chi connectivity index (χ0v) is 25.4. The lowest BCUT2D eigenvalue weighted by Crippen LogP contribution is -2.51. The van der Waals surface area contributed by atoms with E-state index in [2.05, 4.69) is 10.6 Å². The number of ether oxygens (including phenoxy) is 2. The standard InChI is InChI=1S/C34H33F7N2O4/c1-19(22-14-23(33(36,37)38)16-24(15-22)34(39,40)41)47-28-13-12-26(29(28)21-8-10-25(35)11-9-21)27-17-32(2,30(44)42-27)43-31(45)46-18-20-6-4-3-5-7-20/h3-11,14-16,19,26-29H,12-13,17-18H2,1-2H3,(H,42,44)(H,43,45)/t19-,26+,27-,28+,29+,32+/m1/s1. The number of alkyl halides is 6. The van der Waals surface area contributed by atoms with Gasteiger partial charge in [-0.15, -0.1) is 0 Å². The van der Waals surface area contributed by atoms with Gasteiger partial charge in [-0.1, -0.05) is 42.5 Å². The molecule has 0 aromatic heterocycles. The number of carbonyl (C=O) groups is 2. The highest BCUT2D eigenvalue weighted by Gasteiger charge is 2.51. The first-order valence-electron chi connectivity index (χ1n) is 15.0. The molecule has 13 heteroatoms. The van der Waals surface area contributed by atoms with Gasteiger partial charge in [-0.05, 0) is 86.1 Å². The molecule has 2 amide bonds. The van der Waals surface area contributed by atoms with Crippen LogP contribution < -0.4 is 10.6 Å². The van der Waals surface area contributed by atoms with E-state index in [1.165, 1.54) is 19.1 Å². The number of amides is 2. The Kier molecular flexibility index (Phi) is 9.59. The molecule has 6 atom stereocenters. The number of carbonyl (C=O) groups excluding carboxylic acids is 2. The third-order valence-electron chi connectivity index (χ3n) is 8.91. The molecule has 47 heavy (non-hydrogen) atoms. The maximum atomic E-state index is 13.9. The van der Waals surface area contributed by atoms with Gasteiger partial charge in [-0.2, -0.15) is 26.3 Å². The molecule has 3 aromatic rings. The Morgan fingerprint density at radius 3 is 2.17 bits per heavy atom. The van der Waals surface area contributed by atoms with E-state index in [9.17, 15) is 40.3 Å². The molecule has 1 saturated heterocycles. The van der Waals surface area contributed by atoms with E-state index in [1.54, 1.807) is 43.3 Å². The fraction of sp³-hybridized carbons (Fsp3) is 0.412. The molecular weight excluding hydrogens is 633 g/mol. The van der Waals surface area contributed by atoms with Crippen LogP contribution in [0.3, 0.4) is 0 Å². The summed E-state index contributed by atoms with van der Waals surface area (Å²) in [7, 11) is 0. The van der Waals surface area contributed by atoms with Crippen molar-refractivity contribution in [2.24, 2.45) is 5.92 Å². The first-order valence-corrected chi connectivity index (χ1v) is 15.0. The molecule has 0 bridgehead atoms. The van der Waals surface area contributed by atoms with Crippen molar-refractivity contribution in [2.75, 3.05) is 0 Å². The number of hydrogen-bond acceptors (Lipinski definition) is 4. The Bertz CT molecular complexity index is 1550. The molecule has 1 saturated carbocycles. The zero-order valence-electron chi connectivity index (χ0n) is 25.4. The van der Waals surface area contributed by atoms with Gasteiger partial charge in [0.1, 0.15) is 18.0 Å². The highest BCUT2D eigenvalue weighted by Crippen LogP contribution is 2.48. The van der Waals surface area contributed by atoms with Gasteiger partial charge in [-0.3, -0.25) is 4.79 Å². The van der Waals surface area contributed by atoms with Crippen LogP contribution in [0.5, 0.6) is 0 Å². The van der Waals surface area contributed by atoms with Gasteiger partial charge in [0.05, 0.1) is 23.3 Å². The second kappa shape index (κ2) is 13.2. The van der Waals surface area contributed by atoms with Gasteiger partial charge in [0.2, 0.25) is 5.91 Å². The quantitative estimate of drug-likeness (QED) is 0.239. The molecule has 3 aromatic carbocycles. The summed E-state index contributed by atoms with van der Waals surface area (Å²) < 4.78 is 107. The van der Waals surface area contributed by atoms with Crippen LogP contribution in [-0.4, -0.2) is 29.7 Å². The van der Waals surface area contributed by atoms with Crippen molar-refractivity contribution < 1.29 is 49.8 Å². The average Bonchev–Trinajstić information content (AvgIpc) is 3.55. The van der Waals surface area contributed by atoms with Crippen molar-refractivity contribution in [1.29, 1.82) is 0 Å². The van der Waals surface area contributed by atoms with Crippen molar-refractivity contribution in [3.8, 4) is 0 Å². The fourth-order valence-corrected chi connectivity index (χ4v) is 6.56. The van der Waals surface area contributed by atoms with E-state index in [0.29, 0.717) is 30.5 Å². The minimum absolute atomic E-state index is 0.00336. The molecule has 2 aliphatic rings. The molecular formula is C34H33F7N2O4. The Morgan fingerprint density at radius 2 is 1.57 bits per heavy atom. The summed E-state index contributed by atoms with van der Waals surface area (Å²) in [4.78, 5) is 25.8. The van der Waals surface area contributed by atoms with E-state index < -0.39 is 71.0 Å². The van der Waals surface area contributed by atoms with Gasteiger partial charge in [0.25, 0.3) is 0 Å².